The lowest BCUT2D eigenvalue weighted by atomic mass is 9.93. The molecule has 0 bridgehead atoms. The normalized spacial score (nSPS) is 23.6. The summed E-state index contributed by atoms with van der Waals surface area (Å²) in [6.45, 7) is 7.86. The highest BCUT2D eigenvalue weighted by atomic mass is 16.5. The van der Waals surface area contributed by atoms with Crippen LogP contribution in [0.5, 0.6) is 5.75 Å². The molecule has 0 spiro atoms. The highest BCUT2D eigenvalue weighted by Gasteiger charge is 2.33. The lowest BCUT2D eigenvalue weighted by Crippen LogP contribution is -2.48. The third-order valence-electron chi connectivity index (χ3n) is 5.46. The summed E-state index contributed by atoms with van der Waals surface area (Å²) in [7, 11) is 0. The van der Waals surface area contributed by atoms with Crippen molar-refractivity contribution in [3.05, 3.63) is 47.3 Å². The molecule has 1 fully saturated rings. The van der Waals surface area contributed by atoms with Crippen molar-refractivity contribution in [3.8, 4) is 5.75 Å². The topological polar surface area (TPSA) is 68.2 Å². The van der Waals surface area contributed by atoms with E-state index in [-0.39, 0.29) is 23.6 Å². The van der Waals surface area contributed by atoms with Crippen molar-refractivity contribution in [2.75, 3.05) is 0 Å². The number of benzene rings is 1. The van der Waals surface area contributed by atoms with Crippen LogP contribution in [0, 0.1) is 0 Å². The number of nitrogens with one attached hydrogen (secondary N) is 2. The van der Waals surface area contributed by atoms with Crippen LogP contribution in [0.25, 0.3) is 0 Å². The van der Waals surface area contributed by atoms with E-state index >= 15 is 0 Å². The summed E-state index contributed by atoms with van der Waals surface area (Å²) in [6.07, 6.45) is 6.19. The number of rotatable bonds is 5. The highest BCUT2D eigenvalue weighted by molar-refractivity contribution is 5.77. The summed E-state index contributed by atoms with van der Waals surface area (Å²) in [4.78, 5) is 12.0. The molecule has 2 atom stereocenters. The first-order chi connectivity index (χ1) is 12.9. The van der Waals surface area contributed by atoms with E-state index in [1.807, 2.05) is 17.1 Å². The Bertz CT molecular complexity index is 842. The van der Waals surface area contributed by atoms with Gasteiger partial charge in [0.2, 0.25) is 5.91 Å². The average molecular weight is 368 g/mol. The minimum absolute atomic E-state index is 0.0549. The van der Waals surface area contributed by atoms with Gasteiger partial charge in [0.1, 0.15) is 11.4 Å². The van der Waals surface area contributed by atoms with E-state index in [1.165, 1.54) is 11.1 Å². The van der Waals surface area contributed by atoms with Crippen LogP contribution in [0.1, 0.15) is 56.3 Å². The molecular formula is C21H28N4O2. The van der Waals surface area contributed by atoms with Gasteiger partial charge in [0.05, 0.1) is 12.2 Å². The first kappa shape index (κ1) is 18.0. The second-order valence-corrected chi connectivity index (χ2v) is 8.14. The zero-order valence-electron chi connectivity index (χ0n) is 16.3. The number of aromatic nitrogens is 2. The standard InChI is InChI=1S/C21H28N4O2/c1-4-25-13-16(12-23-25)19-17(8-9-18(26)24-19)22-11-15-7-5-6-14-10-21(2,3)27-20(14)15/h5-7,12-13,17,19,22H,4,8-11H2,1-3H3,(H,24,26)/t17-,19+/m1/s1. The largest absolute Gasteiger partial charge is 0.487 e. The Hall–Kier alpha value is -2.34. The van der Waals surface area contributed by atoms with Crippen LogP contribution in [0.15, 0.2) is 30.6 Å². The number of carbonyl (C=O) groups excluding carboxylic acids is 1. The molecule has 1 aromatic carbocycles. The third kappa shape index (κ3) is 3.72. The number of hydrogen-bond donors (Lipinski definition) is 2. The van der Waals surface area contributed by atoms with E-state index in [0.717, 1.165) is 37.2 Å². The minimum atomic E-state index is -0.144. The SMILES string of the molecule is CCn1cc([C@@H]2NC(=O)CC[C@H]2NCc2cccc3c2OC(C)(C)C3)cn1. The molecule has 1 amide bonds. The molecule has 0 saturated carbocycles. The molecule has 6 heteroatoms. The molecule has 2 N–H and O–H groups in total. The van der Waals surface area contributed by atoms with Crippen LogP contribution >= 0.6 is 0 Å². The lowest BCUT2D eigenvalue weighted by Gasteiger charge is -2.32. The van der Waals surface area contributed by atoms with Gasteiger partial charge in [-0.1, -0.05) is 18.2 Å². The summed E-state index contributed by atoms with van der Waals surface area (Å²) >= 11 is 0. The number of aryl methyl sites for hydroxylation is 1. The predicted molar refractivity (Wildman–Crippen MR) is 103 cm³/mol. The zero-order valence-corrected chi connectivity index (χ0v) is 16.3. The fourth-order valence-electron chi connectivity index (χ4n) is 4.11. The van der Waals surface area contributed by atoms with Gasteiger partial charge in [-0.25, -0.2) is 0 Å². The number of ether oxygens (including phenoxy) is 1. The lowest BCUT2D eigenvalue weighted by molar-refractivity contribution is -0.123. The Balaban J connectivity index is 1.50. The van der Waals surface area contributed by atoms with Crippen LogP contribution in [-0.2, 0) is 24.3 Å². The van der Waals surface area contributed by atoms with Gasteiger partial charge >= 0.3 is 0 Å². The third-order valence-corrected chi connectivity index (χ3v) is 5.46. The van der Waals surface area contributed by atoms with Crippen molar-refractivity contribution in [2.24, 2.45) is 0 Å². The molecule has 0 unspecified atom stereocenters. The van der Waals surface area contributed by atoms with E-state index in [1.54, 1.807) is 0 Å². The van der Waals surface area contributed by atoms with Gasteiger partial charge in [-0.2, -0.15) is 5.10 Å². The second kappa shape index (κ2) is 7.00. The van der Waals surface area contributed by atoms with Crippen molar-refractivity contribution in [1.82, 2.24) is 20.4 Å². The van der Waals surface area contributed by atoms with Crippen molar-refractivity contribution < 1.29 is 9.53 Å². The smallest absolute Gasteiger partial charge is 0.220 e. The maximum Gasteiger partial charge on any atom is 0.220 e. The molecule has 6 nitrogen and oxygen atoms in total. The summed E-state index contributed by atoms with van der Waals surface area (Å²) in [5.41, 5.74) is 3.36. The van der Waals surface area contributed by atoms with E-state index in [2.05, 4.69) is 54.7 Å². The van der Waals surface area contributed by atoms with Gasteiger partial charge in [-0.15, -0.1) is 0 Å². The number of piperidine rings is 1. The van der Waals surface area contributed by atoms with Crippen LogP contribution in [0.2, 0.25) is 0 Å². The van der Waals surface area contributed by atoms with Crippen LogP contribution in [-0.4, -0.2) is 27.3 Å². The number of amides is 1. The van der Waals surface area contributed by atoms with Crippen molar-refractivity contribution in [2.45, 2.75) is 70.8 Å². The molecule has 3 heterocycles. The molecule has 2 aromatic rings. The molecule has 2 aliphatic rings. The van der Waals surface area contributed by atoms with Crippen LogP contribution < -0.4 is 15.4 Å². The fraction of sp³-hybridized carbons (Fsp3) is 0.524. The number of hydrogen-bond acceptors (Lipinski definition) is 4. The molecule has 1 aromatic heterocycles. The summed E-state index contributed by atoms with van der Waals surface area (Å²) < 4.78 is 8.08. The first-order valence-corrected chi connectivity index (χ1v) is 9.80. The fourth-order valence-corrected chi connectivity index (χ4v) is 4.11. The quantitative estimate of drug-likeness (QED) is 0.852. The molecule has 4 rings (SSSR count). The molecule has 0 aliphatic carbocycles. The first-order valence-electron chi connectivity index (χ1n) is 9.80. The number of carbonyl (C=O) groups is 1. The van der Waals surface area contributed by atoms with Gasteiger partial charge in [0.25, 0.3) is 0 Å². The van der Waals surface area contributed by atoms with Crippen LogP contribution in [0.3, 0.4) is 0 Å². The summed E-state index contributed by atoms with van der Waals surface area (Å²) in [6, 6.07) is 6.49. The Morgan fingerprint density at radius 2 is 2.26 bits per heavy atom. The van der Waals surface area contributed by atoms with Crippen LogP contribution in [0.4, 0.5) is 0 Å². The molecule has 0 radical (unpaired) electrons. The molecule has 144 valence electrons. The van der Waals surface area contributed by atoms with Crippen molar-refractivity contribution in [3.63, 3.8) is 0 Å². The number of para-hydroxylation sites is 1. The maximum atomic E-state index is 12.0. The van der Waals surface area contributed by atoms with E-state index in [0.29, 0.717) is 6.42 Å². The maximum absolute atomic E-state index is 12.0. The Morgan fingerprint density at radius 1 is 1.41 bits per heavy atom. The Labute approximate surface area is 160 Å². The van der Waals surface area contributed by atoms with Gasteiger partial charge in [-0.05, 0) is 32.8 Å². The second-order valence-electron chi connectivity index (χ2n) is 8.14. The van der Waals surface area contributed by atoms with Crippen molar-refractivity contribution >= 4 is 5.91 Å². The predicted octanol–water partition coefficient (Wildman–Crippen LogP) is 2.73. The van der Waals surface area contributed by atoms with E-state index in [9.17, 15) is 4.79 Å². The molecule has 2 aliphatic heterocycles. The van der Waals surface area contributed by atoms with Gasteiger partial charge in [0, 0.05) is 49.3 Å². The molecule has 1 saturated heterocycles. The number of fused-ring (bicyclic) bond motifs is 1. The monoisotopic (exact) mass is 368 g/mol. The van der Waals surface area contributed by atoms with E-state index in [4.69, 9.17) is 4.74 Å². The zero-order chi connectivity index (χ0) is 19.0. The Morgan fingerprint density at radius 3 is 3.04 bits per heavy atom. The number of nitrogens with zero attached hydrogens (tertiary/aromatic N) is 2. The minimum Gasteiger partial charge on any atom is -0.487 e. The summed E-state index contributed by atoms with van der Waals surface area (Å²) in [5.74, 6) is 1.12. The van der Waals surface area contributed by atoms with E-state index < -0.39 is 0 Å². The van der Waals surface area contributed by atoms with Gasteiger partial charge in [-0.3, -0.25) is 9.48 Å². The highest BCUT2D eigenvalue weighted by Crippen LogP contribution is 2.37. The van der Waals surface area contributed by atoms with Gasteiger partial charge in [0.15, 0.2) is 0 Å². The summed E-state index contributed by atoms with van der Waals surface area (Å²) in [5, 5.41) is 11.2. The average Bonchev–Trinajstić information content (AvgIpc) is 3.23. The van der Waals surface area contributed by atoms with Crippen molar-refractivity contribution in [1.29, 1.82) is 0 Å². The molecular weight excluding hydrogens is 340 g/mol. The van der Waals surface area contributed by atoms with Gasteiger partial charge < -0.3 is 15.4 Å². The Kier molecular flexibility index (Phi) is 4.68. The molecule has 27 heavy (non-hydrogen) atoms.